The lowest BCUT2D eigenvalue weighted by molar-refractivity contribution is 0.630. The van der Waals surface area contributed by atoms with E-state index in [0.29, 0.717) is 17.3 Å². The van der Waals surface area contributed by atoms with Crippen LogP contribution in [0.15, 0.2) is 36.7 Å². The zero-order valence-corrected chi connectivity index (χ0v) is 13.0. The normalized spacial score (nSPS) is 12.8. The second kappa shape index (κ2) is 5.99. The van der Waals surface area contributed by atoms with Gasteiger partial charge in [0.15, 0.2) is 11.6 Å². The highest BCUT2D eigenvalue weighted by molar-refractivity contribution is 5.74. The summed E-state index contributed by atoms with van der Waals surface area (Å²) in [6.45, 7) is 8.27. The van der Waals surface area contributed by atoms with Gasteiger partial charge < -0.3 is 16.4 Å². The van der Waals surface area contributed by atoms with Crippen molar-refractivity contribution in [1.29, 1.82) is 0 Å². The third kappa shape index (κ3) is 4.08. The van der Waals surface area contributed by atoms with Gasteiger partial charge in [-0.3, -0.25) is 0 Å². The maximum Gasteiger partial charge on any atom is 0.155 e. The van der Waals surface area contributed by atoms with Gasteiger partial charge in [0.1, 0.15) is 12.0 Å². The molecule has 1 aromatic heterocycles. The molecule has 21 heavy (non-hydrogen) atoms. The van der Waals surface area contributed by atoms with Gasteiger partial charge in [0, 0.05) is 5.54 Å². The first kappa shape index (κ1) is 15.1. The quantitative estimate of drug-likeness (QED) is 0.802. The molecule has 1 atom stereocenters. The smallest absolute Gasteiger partial charge is 0.155 e. The van der Waals surface area contributed by atoms with E-state index in [9.17, 15) is 0 Å². The van der Waals surface area contributed by atoms with Crippen LogP contribution in [0.1, 0.15) is 39.3 Å². The van der Waals surface area contributed by atoms with Gasteiger partial charge in [-0.1, -0.05) is 30.3 Å². The Hall–Kier alpha value is -2.30. The van der Waals surface area contributed by atoms with Crippen molar-refractivity contribution < 1.29 is 0 Å². The Kier molecular flexibility index (Phi) is 4.31. The molecule has 0 aliphatic rings. The summed E-state index contributed by atoms with van der Waals surface area (Å²) < 4.78 is 0. The molecule has 0 saturated heterocycles. The fraction of sp³-hybridized carbons (Fsp3) is 0.375. The minimum Gasteiger partial charge on any atom is -0.393 e. The van der Waals surface area contributed by atoms with Gasteiger partial charge in [-0.15, -0.1) is 0 Å². The summed E-state index contributed by atoms with van der Waals surface area (Å²) in [6, 6.07) is 10.3. The van der Waals surface area contributed by atoms with Gasteiger partial charge in [0.25, 0.3) is 0 Å². The monoisotopic (exact) mass is 285 g/mol. The van der Waals surface area contributed by atoms with E-state index in [4.69, 9.17) is 5.73 Å². The van der Waals surface area contributed by atoms with Crippen LogP contribution in [0.4, 0.5) is 17.3 Å². The number of benzene rings is 1. The molecule has 0 fully saturated rings. The van der Waals surface area contributed by atoms with Gasteiger partial charge in [-0.25, -0.2) is 9.97 Å². The number of nitrogens with two attached hydrogens (primary N) is 1. The molecule has 1 heterocycles. The molecule has 2 rings (SSSR count). The van der Waals surface area contributed by atoms with E-state index in [1.165, 1.54) is 11.9 Å². The molecule has 5 heteroatoms. The third-order valence-electron chi connectivity index (χ3n) is 3.03. The van der Waals surface area contributed by atoms with Crippen LogP contribution in [0.3, 0.4) is 0 Å². The molecule has 1 unspecified atom stereocenters. The van der Waals surface area contributed by atoms with E-state index in [0.717, 1.165) is 0 Å². The lowest BCUT2D eigenvalue weighted by Gasteiger charge is -2.23. The number of aromatic nitrogens is 2. The molecule has 1 aromatic carbocycles. The fourth-order valence-corrected chi connectivity index (χ4v) is 2.00. The summed E-state index contributed by atoms with van der Waals surface area (Å²) in [5.41, 5.74) is 7.78. The lowest BCUT2D eigenvalue weighted by Crippen LogP contribution is -2.27. The number of rotatable bonds is 4. The largest absolute Gasteiger partial charge is 0.393 e. The molecular weight excluding hydrogens is 262 g/mol. The molecule has 5 nitrogen and oxygen atoms in total. The summed E-state index contributed by atoms with van der Waals surface area (Å²) in [5, 5.41) is 6.62. The zero-order chi connectivity index (χ0) is 15.5. The van der Waals surface area contributed by atoms with Gasteiger partial charge in [0.2, 0.25) is 0 Å². The van der Waals surface area contributed by atoms with Gasteiger partial charge >= 0.3 is 0 Å². The number of nitrogens with zero attached hydrogens (tertiary/aromatic N) is 2. The van der Waals surface area contributed by atoms with Crippen LogP contribution in [0.25, 0.3) is 0 Å². The first-order valence-electron chi connectivity index (χ1n) is 7.07. The highest BCUT2D eigenvalue weighted by Crippen LogP contribution is 2.27. The predicted molar refractivity (Wildman–Crippen MR) is 88.3 cm³/mol. The average Bonchev–Trinajstić information content (AvgIpc) is 2.43. The van der Waals surface area contributed by atoms with E-state index >= 15 is 0 Å². The van der Waals surface area contributed by atoms with Crippen LogP contribution < -0.4 is 16.4 Å². The Morgan fingerprint density at radius 3 is 2.29 bits per heavy atom. The Balaban J connectivity index is 2.19. The van der Waals surface area contributed by atoms with Crippen LogP contribution in [-0.4, -0.2) is 15.5 Å². The molecular formula is C16H23N5. The molecule has 0 saturated carbocycles. The molecule has 4 N–H and O–H groups in total. The van der Waals surface area contributed by atoms with Crippen LogP contribution in [0.2, 0.25) is 0 Å². The Bertz CT molecular complexity index is 589. The lowest BCUT2D eigenvalue weighted by atomic mass is 10.1. The number of nitrogen functional groups attached to an aromatic ring is 1. The minimum absolute atomic E-state index is 0.106. The maximum absolute atomic E-state index is 6.17. The van der Waals surface area contributed by atoms with Crippen molar-refractivity contribution in [3.05, 3.63) is 42.2 Å². The molecule has 0 radical (unpaired) electrons. The number of hydrogen-bond acceptors (Lipinski definition) is 5. The first-order valence-corrected chi connectivity index (χ1v) is 7.07. The molecule has 112 valence electrons. The Morgan fingerprint density at radius 1 is 1.05 bits per heavy atom. The fourth-order valence-electron chi connectivity index (χ4n) is 2.00. The minimum atomic E-state index is -0.106. The second-order valence-electron chi connectivity index (χ2n) is 6.14. The van der Waals surface area contributed by atoms with Gasteiger partial charge in [-0.05, 0) is 33.3 Å². The summed E-state index contributed by atoms with van der Waals surface area (Å²) >= 11 is 0. The van der Waals surface area contributed by atoms with E-state index < -0.39 is 0 Å². The maximum atomic E-state index is 6.17. The molecule has 2 aromatic rings. The van der Waals surface area contributed by atoms with Gasteiger partial charge in [0.05, 0.1) is 6.04 Å². The van der Waals surface area contributed by atoms with Crippen LogP contribution in [0, 0.1) is 0 Å². The number of nitrogens with one attached hydrogen (secondary N) is 2. The topological polar surface area (TPSA) is 75.9 Å². The summed E-state index contributed by atoms with van der Waals surface area (Å²) in [6.07, 6.45) is 1.52. The molecule has 0 aliphatic heterocycles. The molecule has 0 amide bonds. The van der Waals surface area contributed by atoms with Crippen molar-refractivity contribution in [2.24, 2.45) is 0 Å². The van der Waals surface area contributed by atoms with Gasteiger partial charge in [-0.2, -0.15) is 0 Å². The highest BCUT2D eigenvalue weighted by Gasteiger charge is 2.16. The van der Waals surface area contributed by atoms with Crippen molar-refractivity contribution in [1.82, 2.24) is 9.97 Å². The summed E-state index contributed by atoms with van der Waals surface area (Å²) in [7, 11) is 0. The van der Waals surface area contributed by atoms with Crippen molar-refractivity contribution in [3.8, 4) is 0 Å². The van der Waals surface area contributed by atoms with Crippen molar-refractivity contribution in [2.45, 2.75) is 39.3 Å². The van der Waals surface area contributed by atoms with Crippen LogP contribution in [-0.2, 0) is 0 Å². The average molecular weight is 285 g/mol. The molecule has 0 aliphatic carbocycles. The van der Waals surface area contributed by atoms with E-state index in [2.05, 4.69) is 60.4 Å². The predicted octanol–water partition coefficient (Wildman–Crippen LogP) is 3.44. The number of hydrogen-bond donors (Lipinski definition) is 3. The van der Waals surface area contributed by atoms with E-state index in [1.807, 2.05) is 18.2 Å². The van der Waals surface area contributed by atoms with E-state index in [1.54, 1.807) is 0 Å². The summed E-state index contributed by atoms with van der Waals surface area (Å²) in [4.78, 5) is 8.46. The SMILES string of the molecule is CC(Nc1ncnc(NC(C)(C)C)c1N)c1ccccc1. The van der Waals surface area contributed by atoms with Crippen molar-refractivity contribution in [2.75, 3.05) is 16.4 Å². The Morgan fingerprint density at radius 2 is 1.67 bits per heavy atom. The first-order chi connectivity index (χ1) is 9.87. The zero-order valence-electron chi connectivity index (χ0n) is 13.0. The molecule has 0 spiro atoms. The third-order valence-corrected chi connectivity index (χ3v) is 3.03. The summed E-state index contributed by atoms with van der Waals surface area (Å²) in [5.74, 6) is 1.30. The van der Waals surface area contributed by atoms with Crippen LogP contribution >= 0.6 is 0 Å². The number of anilines is 3. The van der Waals surface area contributed by atoms with Crippen molar-refractivity contribution >= 4 is 17.3 Å². The molecule has 0 bridgehead atoms. The highest BCUT2D eigenvalue weighted by atomic mass is 15.1. The van der Waals surface area contributed by atoms with Crippen molar-refractivity contribution in [3.63, 3.8) is 0 Å². The second-order valence-corrected chi connectivity index (χ2v) is 6.14. The van der Waals surface area contributed by atoms with Crippen LogP contribution in [0.5, 0.6) is 0 Å². The Labute approximate surface area is 126 Å². The van der Waals surface area contributed by atoms with E-state index in [-0.39, 0.29) is 11.6 Å². The standard InChI is InChI=1S/C16H23N5/c1-11(12-8-6-5-7-9-12)20-14-13(17)15(19-10-18-14)21-16(2,3)4/h5-11H,17H2,1-4H3,(H2,18,19,20,21).